The molecule has 3 heteroatoms. The second-order valence-electron chi connectivity index (χ2n) is 13.4. The van der Waals surface area contributed by atoms with E-state index in [0.29, 0.717) is 5.92 Å². The van der Waals surface area contributed by atoms with E-state index in [1.165, 1.54) is 54.9 Å². The SMILES string of the molecule is CC(C)c1cccc(-c2ccccc2)c1-c1cc2c3ccc4c5ccccc5oc4c3n3c2c(c1)c1ccc2c4ccccc4oc2c13. The summed E-state index contributed by atoms with van der Waals surface area (Å²) in [5.41, 5.74) is 13.3. The summed E-state index contributed by atoms with van der Waals surface area (Å²) in [4.78, 5) is 0. The van der Waals surface area contributed by atoms with Gasteiger partial charge in [0.05, 0.1) is 16.6 Å². The molecule has 0 bridgehead atoms. The van der Waals surface area contributed by atoms with Crippen molar-refractivity contribution in [3.8, 4) is 22.3 Å². The fraction of sp³-hybridized carbons (Fsp3) is 0.0667. The van der Waals surface area contributed by atoms with Crippen molar-refractivity contribution in [2.75, 3.05) is 0 Å². The Morgan fingerprint density at radius 2 is 0.979 bits per heavy atom. The first-order valence-corrected chi connectivity index (χ1v) is 16.7. The minimum Gasteiger partial charge on any atom is -0.454 e. The lowest BCUT2D eigenvalue weighted by Gasteiger charge is -2.18. The number of aromatic nitrogens is 1. The van der Waals surface area contributed by atoms with Gasteiger partial charge in [0.1, 0.15) is 11.2 Å². The molecule has 0 amide bonds. The average molecular weight is 616 g/mol. The van der Waals surface area contributed by atoms with E-state index in [0.717, 1.165) is 54.9 Å². The van der Waals surface area contributed by atoms with Crippen LogP contribution in [0.15, 0.2) is 142 Å². The molecular formula is C45H29NO2. The van der Waals surface area contributed by atoms with E-state index < -0.39 is 0 Å². The monoisotopic (exact) mass is 615 g/mol. The largest absolute Gasteiger partial charge is 0.454 e. The van der Waals surface area contributed by atoms with E-state index in [-0.39, 0.29) is 0 Å². The molecule has 3 nitrogen and oxygen atoms in total. The first kappa shape index (κ1) is 26.1. The molecule has 0 N–H and O–H groups in total. The zero-order chi connectivity index (χ0) is 31.7. The third kappa shape index (κ3) is 3.28. The van der Waals surface area contributed by atoms with Gasteiger partial charge in [-0.1, -0.05) is 111 Å². The lowest BCUT2D eigenvalue weighted by Crippen LogP contribution is -1.96. The van der Waals surface area contributed by atoms with Crippen molar-refractivity contribution in [1.29, 1.82) is 0 Å². The maximum Gasteiger partial charge on any atom is 0.160 e. The number of para-hydroxylation sites is 2. The van der Waals surface area contributed by atoms with Crippen LogP contribution in [0.2, 0.25) is 0 Å². The summed E-state index contributed by atoms with van der Waals surface area (Å²) in [6.45, 7) is 4.59. The first-order valence-electron chi connectivity index (χ1n) is 16.7. The fourth-order valence-corrected chi connectivity index (χ4v) is 8.43. The second kappa shape index (κ2) is 9.27. The van der Waals surface area contributed by atoms with Crippen LogP contribution in [-0.4, -0.2) is 4.40 Å². The molecule has 11 aromatic rings. The summed E-state index contributed by atoms with van der Waals surface area (Å²) in [5, 5.41) is 9.32. The van der Waals surface area contributed by atoms with E-state index in [9.17, 15) is 0 Å². The van der Waals surface area contributed by atoms with Gasteiger partial charge < -0.3 is 13.2 Å². The molecule has 0 saturated carbocycles. The quantitative estimate of drug-likeness (QED) is 0.198. The van der Waals surface area contributed by atoms with Gasteiger partial charge >= 0.3 is 0 Å². The van der Waals surface area contributed by atoms with Crippen molar-refractivity contribution in [2.24, 2.45) is 0 Å². The lowest BCUT2D eigenvalue weighted by atomic mass is 9.85. The zero-order valence-corrected chi connectivity index (χ0v) is 26.5. The maximum absolute atomic E-state index is 6.74. The Morgan fingerprint density at radius 1 is 0.438 bits per heavy atom. The Kier molecular flexibility index (Phi) is 5.03. The van der Waals surface area contributed by atoms with Gasteiger partial charge in [-0.15, -0.1) is 0 Å². The molecule has 4 heterocycles. The van der Waals surface area contributed by atoms with Crippen LogP contribution in [0.1, 0.15) is 25.3 Å². The fourth-order valence-electron chi connectivity index (χ4n) is 8.43. The summed E-state index contributed by atoms with van der Waals surface area (Å²) in [6, 6.07) is 48.2. The van der Waals surface area contributed by atoms with Gasteiger partial charge in [0, 0.05) is 43.1 Å². The molecule has 0 aliphatic rings. The molecule has 11 rings (SSSR count). The molecule has 48 heavy (non-hydrogen) atoms. The van der Waals surface area contributed by atoms with Crippen molar-refractivity contribution < 1.29 is 8.83 Å². The molecule has 4 aromatic heterocycles. The van der Waals surface area contributed by atoms with Crippen molar-refractivity contribution >= 4 is 82.0 Å². The van der Waals surface area contributed by atoms with Gasteiger partial charge in [-0.05, 0) is 70.1 Å². The Balaban J connectivity index is 1.38. The highest BCUT2D eigenvalue weighted by atomic mass is 16.3. The van der Waals surface area contributed by atoms with Gasteiger partial charge in [-0.25, -0.2) is 0 Å². The van der Waals surface area contributed by atoms with Crippen molar-refractivity contribution in [2.45, 2.75) is 19.8 Å². The lowest BCUT2D eigenvalue weighted by molar-refractivity contribution is 0.670. The summed E-state index contributed by atoms with van der Waals surface area (Å²) in [5.74, 6) is 0.354. The molecule has 0 saturated heterocycles. The molecule has 226 valence electrons. The van der Waals surface area contributed by atoms with E-state index in [2.05, 4.69) is 140 Å². The van der Waals surface area contributed by atoms with Gasteiger partial charge in [-0.2, -0.15) is 0 Å². The number of hydrogen-bond donors (Lipinski definition) is 0. The first-order chi connectivity index (χ1) is 23.7. The van der Waals surface area contributed by atoms with E-state index in [1.54, 1.807) is 0 Å². The van der Waals surface area contributed by atoms with Crippen LogP contribution in [0.4, 0.5) is 0 Å². The standard InChI is InChI=1S/C45H29NO2/c1-25(2)28-15-10-16-29(26-11-4-3-5-12-26)40(28)27-23-36-32-19-21-34-30-13-6-8-17-38(30)47-44(34)42(32)46-41(36)37(24-27)33-20-22-35-31-14-7-9-18-39(31)48-45(35)43(33)46/h3-25H,1-2H3. The molecule has 7 aromatic carbocycles. The van der Waals surface area contributed by atoms with E-state index in [4.69, 9.17) is 8.83 Å². The zero-order valence-electron chi connectivity index (χ0n) is 26.5. The van der Waals surface area contributed by atoms with Crippen LogP contribution < -0.4 is 0 Å². The van der Waals surface area contributed by atoms with Crippen LogP contribution in [0.3, 0.4) is 0 Å². The molecule has 0 unspecified atom stereocenters. The van der Waals surface area contributed by atoms with Crippen LogP contribution in [0.5, 0.6) is 0 Å². The van der Waals surface area contributed by atoms with Gasteiger partial charge in [0.25, 0.3) is 0 Å². The third-order valence-corrected chi connectivity index (χ3v) is 10.5. The van der Waals surface area contributed by atoms with Crippen LogP contribution in [-0.2, 0) is 0 Å². The van der Waals surface area contributed by atoms with Gasteiger partial charge in [0.15, 0.2) is 11.2 Å². The number of hydrogen-bond acceptors (Lipinski definition) is 2. The maximum atomic E-state index is 6.74. The predicted octanol–water partition coefficient (Wildman–Crippen LogP) is 13.1. The van der Waals surface area contributed by atoms with Gasteiger partial charge in [-0.3, -0.25) is 0 Å². The van der Waals surface area contributed by atoms with Crippen LogP contribution >= 0.6 is 0 Å². The molecule has 0 aliphatic carbocycles. The van der Waals surface area contributed by atoms with Crippen molar-refractivity contribution in [1.82, 2.24) is 4.40 Å². The number of rotatable bonds is 3. The Bertz CT molecular complexity index is 2920. The number of benzene rings is 7. The van der Waals surface area contributed by atoms with Crippen molar-refractivity contribution in [3.63, 3.8) is 0 Å². The van der Waals surface area contributed by atoms with E-state index >= 15 is 0 Å². The molecule has 0 spiro atoms. The molecule has 0 aliphatic heterocycles. The van der Waals surface area contributed by atoms with Crippen molar-refractivity contribution in [3.05, 3.63) is 139 Å². The molecule has 0 radical (unpaired) electrons. The summed E-state index contributed by atoms with van der Waals surface area (Å²) < 4.78 is 15.9. The minimum atomic E-state index is 0.354. The number of furan rings is 2. The topological polar surface area (TPSA) is 30.7 Å². The molecule has 0 fully saturated rings. The predicted molar refractivity (Wildman–Crippen MR) is 201 cm³/mol. The summed E-state index contributed by atoms with van der Waals surface area (Å²) in [6.07, 6.45) is 0. The van der Waals surface area contributed by atoms with E-state index in [1.807, 2.05) is 12.1 Å². The highest BCUT2D eigenvalue weighted by molar-refractivity contribution is 6.32. The normalized spacial score (nSPS) is 12.6. The van der Waals surface area contributed by atoms with Gasteiger partial charge in [0.2, 0.25) is 0 Å². The molecule has 0 atom stereocenters. The minimum absolute atomic E-state index is 0.354. The summed E-state index contributed by atoms with van der Waals surface area (Å²) in [7, 11) is 0. The van der Waals surface area contributed by atoms with Crippen LogP contribution in [0.25, 0.3) is 104 Å². The Labute approximate surface area is 275 Å². The highest BCUT2D eigenvalue weighted by Gasteiger charge is 2.26. The number of fused-ring (bicyclic) bond motifs is 14. The smallest absolute Gasteiger partial charge is 0.160 e. The Morgan fingerprint density at radius 3 is 1.56 bits per heavy atom. The number of nitrogens with zero attached hydrogens (tertiary/aromatic N) is 1. The van der Waals surface area contributed by atoms with Crippen LogP contribution in [0, 0.1) is 0 Å². The Hall–Kier alpha value is -6.06. The third-order valence-electron chi connectivity index (χ3n) is 10.5. The second-order valence-corrected chi connectivity index (χ2v) is 13.4. The average Bonchev–Trinajstić information content (AvgIpc) is 3.87. The highest BCUT2D eigenvalue weighted by Crippen LogP contribution is 2.49. The summed E-state index contributed by atoms with van der Waals surface area (Å²) >= 11 is 0. The molecular weight excluding hydrogens is 587 g/mol.